The van der Waals surface area contributed by atoms with E-state index in [0.29, 0.717) is 18.1 Å². The lowest BCUT2D eigenvalue weighted by Crippen LogP contribution is -2.39. The van der Waals surface area contributed by atoms with Crippen LogP contribution < -0.4 is 10.6 Å². The Morgan fingerprint density at radius 3 is 2.50 bits per heavy atom. The Labute approximate surface area is 111 Å². The molecule has 1 aliphatic rings. The molecule has 0 aliphatic heterocycles. The lowest BCUT2D eigenvalue weighted by molar-refractivity contribution is 0.203. The number of benzene rings is 1. The summed E-state index contributed by atoms with van der Waals surface area (Å²) in [5.41, 5.74) is 0.940. The molecule has 5 heteroatoms. The summed E-state index contributed by atoms with van der Waals surface area (Å²) in [6, 6.07) is 7.13. The molecule has 1 aromatic rings. The highest BCUT2D eigenvalue weighted by atomic mass is 35.5. The van der Waals surface area contributed by atoms with Gasteiger partial charge >= 0.3 is 6.03 Å². The second kappa shape index (κ2) is 5.59. The minimum Gasteiger partial charge on any atom is -0.396 e. The average Bonchev–Trinajstić information content (AvgIpc) is 3.16. The van der Waals surface area contributed by atoms with Crippen molar-refractivity contribution >= 4 is 17.6 Å². The number of hydrogen-bond acceptors (Lipinski definition) is 2. The zero-order valence-corrected chi connectivity index (χ0v) is 10.8. The first-order valence-electron chi connectivity index (χ1n) is 6.01. The molecule has 0 spiro atoms. The second-order valence-electron chi connectivity index (χ2n) is 4.82. The molecule has 0 saturated heterocycles. The summed E-state index contributed by atoms with van der Waals surface area (Å²) in [6.07, 6.45) is 1.97. The van der Waals surface area contributed by atoms with Crippen molar-refractivity contribution in [2.45, 2.75) is 19.4 Å². The predicted molar refractivity (Wildman–Crippen MR) is 70.4 cm³/mol. The molecule has 2 amide bonds. The molecule has 0 unspecified atom stereocenters. The normalized spacial score (nSPS) is 16.1. The molecule has 0 atom stereocenters. The zero-order chi connectivity index (χ0) is 13.0. The molecule has 1 fully saturated rings. The summed E-state index contributed by atoms with van der Waals surface area (Å²) >= 11 is 5.77. The largest absolute Gasteiger partial charge is 0.396 e. The monoisotopic (exact) mass is 268 g/mol. The van der Waals surface area contributed by atoms with E-state index in [1.165, 1.54) is 0 Å². The van der Waals surface area contributed by atoms with Gasteiger partial charge in [0.05, 0.1) is 6.61 Å². The topological polar surface area (TPSA) is 61.4 Å². The van der Waals surface area contributed by atoms with E-state index in [1.54, 1.807) is 12.1 Å². The summed E-state index contributed by atoms with van der Waals surface area (Å²) in [5, 5.41) is 15.4. The molecule has 18 heavy (non-hydrogen) atoms. The van der Waals surface area contributed by atoms with Gasteiger partial charge in [-0.1, -0.05) is 23.7 Å². The standard InChI is InChI=1S/C13H17ClN2O2/c14-11-3-1-10(2-4-11)7-15-12(18)16-8-13(9-17)5-6-13/h1-4,17H,5-9H2,(H2,15,16,18). The number of carbonyl (C=O) groups is 1. The second-order valence-corrected chi connectivity index (χ2v) is 5.26. The highest BCUT2D eigenvalue weighted by molar-refractivity contribution is 6.30. The van der Waals surface area contributed by atoms with Crippen LogP contribution in [-0.4, -0.2) is 24.3 Å². The molecule has 98 valence electrons. The van der Waals surface area contributed by atoms with Crippen LogP contribution in [0.15, 0.2) is 24.3 Å². The molecule has 0 heterocycles. The lowest BCUT2D eigenvalue weighted by Gasteiger charge is -2.13. The molecule has 0 bridgehead atoms. The number of aliphatic hydroxyl groups is 1. The first-order chi connectivity index (χ1) is 8.63. The molecular weight excluding hydrogens is 252 g/mol. The van der Waals surface area contributed by atoms with Crippen LogP contribution in [0.2, 0.25) is 5.02 Å². The predicted octanol–water partition coefficient (Wildman–Crippen LogP) is 1.91. The Bertz CT molecular complexity index is 416. The maximum absolute atomic E-state index is 11.5. The highest BCUT2D eigenvalue weighted by Crippen LogP contribution is 2.44. The van der Waals surface area contributed by atoms with Gasteiger partial charge in [0, 0.05) is 23.5 Å². The fraction of sp³-hybridized carbons (Fsp3) is 0.462. The van der Waals surface area contributed by atoms with E-state index in [9.17, 15) is 4.79 Å². The van der Waals surface area contributed by atoms with Gasteiger partial charge in [0.25, 0.3) is 0 Å². The summed E-state index contributed by atoms with van der Waals surface area (Å²) in [5.74, 6) is 0. The highest BCUT2D eigenvalue weighted by Gasteiger charge is 2.42. The van der Waals surface area contributed by atoms with E-state index in [1.807, 2.05) is 12.1 Å². The van der Waals surface area contributed by atoms with Gasteiger partial charge in [0.2, 0.25) is 0 Å². The quantitative estimate of drug-likeness (QED) is 0.764. The average molecular weight is 269 g/mol. The molecule has 2 rings (SSSR count). The Kier molecular flexibility index (Phi) is 4.09. The number of halogens is 1. The molecule has 0 radical (unpaired) electrons. The third-order valence-corrected chi connectivity index (χ3v) is 3.53. The van der Waals surface area contributed by atoms with Crippen molar-refractivity contribution in [2.75, 3.05) is 13.2 Å². The van der Waals surface area contributed by atoms with Gasteiger partial charge in [-0.2, -0.15) is 0 Å². The van der Waals surface area contributed by atoms with Crippen LogP contribution in [0, 0.1) is 5.41 Å². The van der Waals surface area contributed by atoms with Crippen molar-refractivity contribution in [3.63, 3.8) is 0 Å². The minimum atomic E-state index is -0.204. The number of urea groups is 1. The molecular formula is C13H17ClN2O2. The zero-order valence-electron chi connectivity index (χ0n) is 10.1. The van der Waals surface area contributed by atoms with Crippen LogP contribution in [0.4, 0.5) is 4.79 Å². The van der Waals surface area contributed by atoms with Gasteiger partial charge in [-0.3, -0.25) is 0 Å². The number of amides is 2. The van der Waals surface area contributed by atoms with Crippen LogP contribution in [-0.2, 0) is 6.54 Å². The Hall–Kier alpha value is -1.26. The van der Waals surface area contributed by atoms with Gasteiger partial charge in [-0.15, -0.1) is 0 Å². The van der Waals surface area contributed by atoms with Crippen LogP contribution in [0.3, 0.4) is 0 Å². The maximum Gasteiger partial charge on any atom is 0.315 e. The molecule has 0 aromatic heterocycles. The Morgan fingerprint density at radius 1 is 1.28 bits per heavy atom. The van der Waals surface area contributed by atoms with Crippen LogP contribution in [0.5, 0.6) is 0 Å². The lowest BCUT2D eigenvalue weighted by atomic mass is 10.1. The number of nitrogens with one attached hydrogen (secondary N) is 2. The van der Waals surface area contributed by atoms with E-state index < -0.39 is 0 Å². The van der Waals surface area contributed by atoms with Crippen LogP contribution in [0.25, 0.3) is 0 Å². The molecule has 1 aliphatic carbocycles. The van der Waals surface area contributed by atoms with Crippen molar-refractivity contribution < 1.29 is 9.90 Å². The van der Waals surface area contributed by atoms with Crippen molar-refractivity contribution in [1.29, 1.82) is 0 Å². The Morgan fingerprint density at radius 2 is 1.94 bits per heavy atom. The summed E-state index contributed by atoms with van der Waals surface area (Å²) in [6.45, 7) is 1.15. The van der Waals surface area contributed by atoms with E-state index in [0.717, 1.165) is 18.4 Å². The van der Waals surface area contributed by atoms with Crippen molar-refractivity contribution in [1.82, 2.24) is 10.6 Å². The van der Waals surface area contributed by atoms with Crippen LogP contribution in [0.1, 0.15) is 18.4 Å². The van der Waals surface area contributed by atoms with Gasteiger partial charge in [0.1, 0.15) is 0 Å². The number of aliphatic hydroxyl groups excluding tert-OH is 1. The minimum absolute atomic E-state index is 0.0579. The van der Waals surface area contributed by atoms with Gasteiger partial charge in [-0.05, 0) is 30.5 Å². The van der Waals surface area contributed by atoms with E-state index in [2.05, 4.69) is 10.6 Å². The Balaban J connectivity index is 1.70. The van der Waals surface area contributed by atoms with Gasteiger partial charge in [0.15, 0.2) is 0 Å². The van der Waals surface area contributed by atoms with E-state index in [4.69, 9.17) is 16.7 Å². The first kappa shape index (κ1) is 13.2. The molecule has 4 nitrogen and oxygen atoms in total. The molecule has 3 N–H and O–H groups in total. The molecule has 1 aromatic carbocycles. The van der Waals surface area contributed by atoms with Crippen molar-refractivity contribution in [3.8, 4) is 0 Å². The number of hydrogen-bond donors (Lipinski definition) is 3. The maximum atomic E-state index is 11.5. The third kappa shape index (κ3) is 3.62. The summed E-state index contributed by atoms with van der Waals surface area (Å²) < 4.78 is 0. The van der Waals surface area contributed by atoms with Gasteiger partial charge < -0.3 is 15.7 Å². The third-order valence-electron chi connectivity index (χ3n) is 3.28. The molecule has 1 saturated carbocycles. The van der Waals surface area contributed by atoms with Crippen molar-refractivity contribution in [3.05, 3.63) is 34.9 Å². The van der Waals surface area contributed by atoms with E-state index >= 15 is 0 Å². The number of rotatable bonds is 5. The SMILES string of the molecule is O=C(NCc1ccc(Cl)cc1)NCC1(CO)CC1. The first-order valence-corrected chi connectivity index (χ1v) is 6.38. The summed E-state index contributed by atoms with van der Waals surface area (Å²) in [7, 11) is 0. The number of carbonyl (C=O) groups excluding carboxylic acids is 1. The smallest absolute Gasteiger partial charge is 0.315 e. The fourth-order valence-electron chi connectivity index (χ4n) is 1.68. The van der Waals surface area contributed by atoms with Crippen molar-refractivity contribution in [2.24, 2.45) is 5.41 Å². The van der Waals surface area contributed by atoms with E-state index in [-0.39, 0.29) is 18.1 Å². The van der Waals surface area contributed by atoms with Gasteiger partial charge in [-0.25, -0.2) is 4.79 Å². The summed E-state index contributed by atoms with van der Waals surface area (Å²) in [4.78, 5) is 11.5. The van der Waals surface area contributed by atoms with Crippen LogP contribution >= 0.6 is 11.6 Å². The fourth-order valence-corrected chi connectivity index (χ4v) is 1.81.